The van der Waals surface area contributed by atoms with Crippen LogP contribution >= 0.6 is 0 Å². The molecule has 1 saturated carbocycles. The molecule has 0 spiro atoms. The molecule has 28 heavy (non-hydrogen) atoms. The number of nitrogens with zero attached hydrogens (tertiary/aromatic N) is 2. The van der Waals surface area contributed by atoms with Crippen molar-refractivity contribution in [2.24, 2.45) is 17.8 Å². The minimum atomic E-state index is -3.45. The van der Waals surface area contributed by atoms with Crippen molar-refractivity contribution >= 4 is 10.0 Å². The van der Waals surface area contributed by atoms with E-state index >= 15 is 0 Å². The Morgan fingerprint density at radius 3 is 2.61 bits per heavy atom. The molecule has 150 valence electrons. The average molecular weight is 399 g/mol. The quantitative estimate of drug-likeness (QED) is 0.765. The van der Waals surface area contributed by atoms with Gasteiger partial charge in [0, 0.05) is 24.5 Å². The van der Waals surface area contributed by atoms with Gasteiger partial charge in [-0.1, -0.05) is 30.7 Å². The molecule has 2 aliphatic rings. The Bertz CT molecular complexity index is 896. The van der Waals surface area contributed by atoms with Crippen molar-refractivity contribution in [3.63, 3.8) is 0 Å². The fourth-order valence-electron chi connectivity index (χ4n) is 5.26. The van der Waals surface area contributed by atoms with E-state index < -0.39 is 10.0 Å². The Hall–Kier alpha value is -1.72. The number of rotatable bonds is 4. The fraction of sp³-hybridized carbons (Fsp3) is 0.522. The molecular weight excluding hydrogens is 368 g/mol. The second-order valence-electron chi connectivity index (χ2n) is 8.66. The third-order valence-electron chi connectivity index (χ3n) is 6.56. The van der Waals surface area contributed by atoms with Crippen LogP contribution in [-0.4, -0.2) is 30.3 Å². The summed E-state index contributed by atoms with van der Waals surface area (Å²) in [6.07, 6.45) is 7.00. The van der Waals surface area contributed by atoms with E-state index in [4.69, 9.17) is 0 Å². The normalized spacial score (nSPS) is 28.6. The molecule has 2 heterocycles. The van der Waals surface area contributed by atoms with Crippen LogP contribution in [0.25, 0.3) is 0 Å². The van der Waals surface area contributed by atoms with E-state index in [9.17, 15) is 8.42 Å². The first-order chi connectivity index (χ1) is 13.4. The molecule has 0 bridgehead atoms. The molecule has 0 radical (unpaired) electrons. The van der Waals surface area contributed by atoms with Crippen molar-refractivity contribution < 1.29 is 8.42 Å². The fourth-order valence-corrected chi connectivity index (χ4v) is 6.98. The topological polar surface area (TPSA) is 50.3 Å². The summed E-state index contributed by atoms with van der Waals surface area (Å²) in [6.45, 7) is 4.89. The smallest absolute Gasteiger partial charge is 0.243 e. The van der Waals surface area contributed by atoms with Gasteiger partial charge in [0.05, 0.1) is 4.90 Å². The average Bonchev–Trinajstić information content (AvgIpc) is 2.68. The van der Waals surface area contributed by atoms with E-state index in [0.29, 0.717) is 29.2 Å². The Balaban J connectivity index is 1.61. The maximum absolute atomic E-state index is 13.4. The number of piperidine rings is 1. The van der Waals surface area contributed by atoms with E-state index in [0.717, 1.165) is 43.4 Å². The summed E-state index contributed by atoms with van der Waals surface area (Å²) in [6, 6.07) is 13.5. The van der Waals surface area contributed by atoms with Crippen molar-refractivity contribution in [3.05, 3.63) is 59.9 Å². The highest BCUT2D eigenvalue weighted by atomic mass is 32.2. The summed E-state index contributed by atoms with van der Waals surface area (Å²) in [5.41, 5.74) is 2.20. The standard InChI is InChI=1S/C23H30N2O2S/c1-17-8-10-21(11-9-17)28(26,27)25-13-5-7-22-19(14-18(2)15-23(22)25)16-20-6-3-4-12-24-20/h3-4,6,8-12,18-19,22-23H,5,7,13-16H2,1-2H3/t18-,19-,22-,23+/m1/s1. The second kappa shape index (κ2) is 7.96. The molecule has 1 aliphatic carbocycles. The first kappa shape index (κ1) is 19.6. The van der Waals surface area contributed by atoms with Gasteiger partial charge in [0.15, 0.2) is 0 Å². The van der Waals surface area contributed by atoms with Crippen molar-refractivity contribution in [1.82, 2.24) is 9.29 Å². The molecule has 1 aliphatic heterocycles. The molecule has 1 saturated heterocycles. The van der Waals surface area contributed by atoms with Gasteiger partial charge in [0.1, 0.15) is 0 Å². The largest absolute Gasteiger partial charge is 0.261 e. The molecule has 0 unspecified atom stereocenters. The zero-order chi connectivity index (χ0) is 19.7. The minimum absolute atomic E-state index is 0.109. The van der Waals surface area contributed by atoms with Gasteiger partial charge in [-0.05, 0) is 81.0 Å². The van der Waals surface area contributed by atoms with Crippen molar-refractivity contribution in [2.45, 2.75) is 56.9 Å². The summed E-state index contributed by atoms with van der Waals surface area (Å²) >= 11 is 0. The van der Waals surface area contributed by atoms with Crippen LogP contribution in [0.15, 0.2) is 53.6 Å². The maximum Gasteiger partial charge on any atom is 0.243 e. The third kappa shape index (κ3) is 3.87. The minimum Gasteiger partial charge on any atom is -0.261 e. The van der Waals surface area contributed by atoms with E-state index in [1.54, 1.807) is 12.1 Å². The molecule has 4 atom stereocenters. The van der Waals surface area contributed by atoms with Crippen molar-refractivity contribution in [2.75, 3.05) is 6.54 Å². The monoisotopic (exact) mass is 398 g/mol. The highest BCUT2D eigenvalue weighted by Gasteiger charge is 2.45. The first-order valence-corrected chi connectivity index (χ1v) is 11.9. The molecule has 0 N–H and O–H groups in total. The SMILES string of the molecule is Cc1ccc(S(=O)(=O)N2CCC[C@@H]3[C@@H](Cc4ccccn4)C[C@@H](C)C[C@@H]32)cc1. The van der Waals surface area contributed by atoms with Crippen molar-refractivity contribution in [1.29, 1.82) is 0 Å². The van der Waals surface area contributed by atoms with E-state index in [-0.39, 0.29) is 6.04 Å². The number of pyridine rings is 1. The lowest BCUT2D eigenvalue weighted by atomic mass is 9.67. The molecule has 1 aromatic heterocycles. The molecule has 0 amide bonds. The van der Waals surface area contributed by atoms with E-state index in [1.807, 2.05) is 41.7 Å². The van der Waals surface area contributed by atoms with Gasteiger partial charge in [0.25, 0.3) is 0 Å². The predicted molar refractivity (Wildman–Crippen MR) is 111 cm³/mol. The van der Waals surface area contributed by atoms with Crippen LogP contribution in [0.2, 0.25) is 0 Å². The highest BCUT2D eigenvalue weighted by Crippen LogP contribution is 2.44. The molecule has 2 aromatic rings. The number of hydrogen-bond donors (Lipinski definition) is 0. The van der Waals surface area contributed by atoms with Crippen molar-refractivity contribution in [3.8, 4) is 0 Å². The van der Waals surface area contributed by atoms with Gasteiger partial charge < -0.3 is 0 Å². The lowest BCUT2D eigenvalue weighted by Crippen LogP contribution is -2.53. The van der Waals surface area contributed by atoms with Gasteiger partial charge in [-0.25, -0.2) is 8.42 Å². The zero-order valence-corrected chi connectivity index (χ0v) is 17.6. The van der Waals surface area contributed by atoms with E-state index in [1.165, 1.54) is 0 Å². The van der Waals surface area contributed by atoms with Crippen LogP contribution in [0, 0.1) is 24.7 Å². The van der Waals surface area contributed by atoms with Crippen LogP contribution in [-0.2, 0) is 16.4 Å². The summed E-state index contributed by atoms with van der Waals surface area (Å²) in [4.78, 5) is 4.96. The maximum atomic E-state index is 13.4. The number of sulfonamides is 1. The van der Waals surface area contributed by atoms with Crippen LogP contribution < -0.4 is 0 Å². The summed E-state index contributed by atoms with van der Waals surface area (Å²) in [5, 5.41) is 0. The van der Waals surface area contributed by atoms with Crippen LogP contribution in [0.5, 0.6) is 0 Å². The van der Waals surface area contributed by atoms with Crippen LogP contribution in [0.1, 0.15) is 43.9 Å². The van der Waals surface area contributed by atoms with Gasteiger partial charge in [0.2, 0.25) is 10.0 Å². The van der Waals surface area contributed by atoms with Gasteiger partial charge in [-0.3, -0.25) is 4.98 Å². The summed E-state index contributed by atoms with van der Waals surface area (Å²) in [7, 11) is -3.45. The van der Waals surface area contributed by atoms with Crippen LogP contribution in [0.4, 0.5) is 0 Å². The Morgan fingerprint density at radius 1 is 1.11 bits per heavy atom. The predicted octanol–water partition coefficient (Wildman–Crippen LogP) is 4.45. The van der Waals surface area contributed by atoms with Gasteiger partial charge in [-0.2, -0.15) is 4.31 Å². The lowest BCUT2D eigenvalue weighted by molar-refractivity contribution is 0.0531. The first-order valence-electron chi connectivity index (χ1n) is 10.4. The number of benzene rings is 1. The molecule has 4 nitrogen and oxygen atoms in total. The van der Waals surface area contributed by atoms with Crippen LogP contribution in [0.3, 0.4) is 0 Å². The molecule has 5 heteroatoms. The number of fused-ring (bicyclic) bond motifs is 1. The molecular formula is C23H30N2O2S. The van der Waals surface area contributed by atoms with E-state index in [2.05, 4.69) is 18.0 Å². The lowest BCUT2D eigenvalue weighted by Gasteiger charge is -2.48. The molecule has 4 rings (SSSR count). The Kier molecular flexibility index (Phi) is 5.57. The highest BCUT2D eigenvalue weighted by molar-refractivity contribution is 7.89. The number of aryl methyl sites for hydroxylation is 1. The number of aromatic nitrogens is 1. The molecule has 1 aromatic carbocycles. The third-order valence-corrected chi connectivity index (χ3v) is 8.50. The molecule has 2 fully saturated rings. The Labute approximate surface area is 169 Å². The summed E-state index contributed by atoms with van der Waals surface area (Å²) in [5.74, 6) is 1.45. The second-order valence-corrected chi connectivity index (χ2v) is 10.6. The Morgan fingerprint density at radius 2 is 1.89 bits per heavy atom. The van der Waals surface area contributed by atoms with Gasteiger partial charge >= 0.3 is 0 Å². The zero-order valence-electron chi connectivity index (χ0n) is 16.8. The van der Waals surface area contributed by atoms with Gasteiger partial charge in [-0.15, -0.1) is 0 Å². The summed E-state index contributed by atoms with van der Waals surface area (Å²) < 4.78 is 28.7. The number of hydrogen-bond acceptors (Lipinski definition) is 3.